The lowest BCUT2D eigenvalue weighted by Crippen LogP contribution is -2.49. The van der Waals surface area contributed by atoms with Gasteiger partial charge in [-0.15, -0.1) is 0 Å². The molecule has 0 radical (unpaired) electrons. The van der Waals surface area contributed by atoms with E-state index in [0.717, 1.165) is 0 Å². The predicted molar refractivity (Wildman–Crippen MR) is 81.1 cm³/mol. The molecule has 6 N–H and O–H groups in total. The molecule has 0 spiro atoms. The van der Waals surface area contributed by atoms with Crippen LogP contribution in [0.1, 0.15) is 47.0 Å². The molecule has 0 aromatic rings. The van der Waals surface area contributed by atoms with E-state index in [1.165, 1.54) is 6.92 Å². The minimum atomic E-state index is -0.721. The van der Waals surface area contributed by atoms with E-state index in [1.807, 2.05) is 20.8 Å². The summed E-state index contributed by atoms with van der Waals surface area (Å²) in [5.41, 5.74) is 10.2. The number of unbranched alkanes of at least 4 members (excludes halogenated alkanes) is 1. The number of primary amides is 1. The van der Waals surface area contributed by atoms with Crippen molar-refractivity contribution in [3.05, 3.63) is 0 Å². The quantitative estimate of drug-likeness (QED) is 0.456. The van der Waals surface area contributed by atoms with Crippen LogP contribution in [0.15, 0.2) is 0 Å². The van der Waals surface area contributed by atoms with Crippen molar-refractivity contribution >= 4 is 17.7 Å². The van der Waals surface area contributed by atoms with Crippen molar-refractivity contribution in [3.8, 4) is 0 Å². The Morgan fingerprint density at radius 2 is 1.71 bits per heavy atom. The number of carbonyl (C=O) groups is 3. The fraction of sp³-hybridized carbons (Fsp3) is 0.786. The molecule has 21 heavy (non-hydrogen) atoms. The SMILES string of the molecule is C[C@H](N)C(=O)N[C@@H](CCCCNC(=O)C(C)(C)C)C(N)=O. The predicted octanol–water partition coefficient (Wildman–Crippen LogP) is -0.364. The number of hydrogen-bond acceptors (Lipinski definition) is 4. The normalized spacial score (nSPS) is 14.1. The highest BCUT2D eigenvalue weighted by Gasteiger charge is 2.21. The van der Waals surface area contributed by atoms with Gasteiger partial charge in [-0.25, -0.2) is 0 Å². The van der Waals surface area contributed by atoms with Crippen LogP contribution in [0.2, 0.25) is 0 Å². The zero-order valence-corrected chi connectivity index (χ0v) is 13.4. The van der Waals surface area contributed by atoms with Gasteiger partial charge < -0.3 is 22.1 Å². The molecule has 0 heterocycles. The first-order valence-corrected chi connectivity index (χ1v) is 7.19. The molecule has 0 rings (SSSR count). The van der Waals surface area contributed by atoms with E-state index >= 15 is 0 Å². The maximum Gasteiger partial charge on any atom is 0.240 e. The molecule has 122 valence electrons. The largest absolute Gasteiger partial charge is 0.368 e. The second kappa shape index (κ2) is 8.61. The molecular weight excluding hydrogens is 272 g/mol. The number of hydrogen-bond donors (Lipinski definition) is 4. The summed E-state index contributed by atoms with van der Waals surface area (Å²) < 4.78 is 0. The Hall–Kier alpha value is -1.63. The van der Waals surface area contributed by atoms with Crippen LogP contribution >= 0.6 is 0 Å². The third-order valence-electron chi connectivity index (χ3n) is 2.96. The van der Waals surface area contributed by atoms with E-state index in [0.29, 0.717) is 25.8 Å². The van der Waals surface area contributed by atoms with Crippen LogP contribution in [0.4, 0.5) is 0 Å². The third kappa shape index (κ3) is 8.29. The van der Waals surface area contributed by atoms with Gasteiger partial charge in [-0.1, -0.05) is 20.8 Å². The summed E-state index contributed by atoms with van der Waals surface area (Å²) in [6, 6.07) is -1.40. The fourth-order valence-corrected chi connectivity index (χ4v) is 1.53. The maximum absolute atomic E-state index is 11.6. The standard InChI is InChI=1S/C14H28N4O3/c1-9(15)12(20)18-10(11(16)19)7-5-6-8-17-13(21)14(2,3)4/h9-10H,5-8,15H2,1-4H3,(H2,16,19)(H,17,21)(H,18,20)/t9-,10-/m0/s1. The summed E-state index contributed by atoms with van der Waals surface area (Å²) in [5.74, 6) is -0.998. The summed E-state index contributed by atoms with van der Waals surface area (Å²) in [7, 11) is 0. The zero-order valence-electron chi connectivity index (χ0n) is 13.4. The van der Waals surface area contributed by atoms with E-state index in [4.69, 9.17) is 11.5 Å². The Morgan fingerprint density at radius 3 is 2.14 bits per heavy atom. The summed E-state index contributed by atoms with van der Waals surface area (Å²) in [6.07, 6.45) is 1.80. The molecule has 0 bridgehead atoms. The van der Waals surface area contributed by atoms with Gasteiger partial charge in [-0.2, -0.15) is 0 Å². The molecule has 0 aromatic heterocycles. The van der Waals surface area contributed by atoms with Crippen LogP contribution < -0.4 is 22.1 Å². The van der Waals surface area contributed by atoms with Crippen molar-refractivity contribution in [3.63, 3.8) is 0 Å². The number of nitrogens with one attached hydrogen (secondary N) is 2. The van der Waals surface area contributed by atoms with Crippen molar-refractivity contribution in [1.82, 2.24) is 10.6 Å². The van der Waals surface area contributed by atoms with Crippen LogP contribution in [0, 0.1) is 5.41 Å². The Labute approximate surface area is 126 Å². The molecule has 0 unspecified atom stereocenters. The van der Waals surface area contributed by atoms with Gasteiger partial charge in [0.15, 0.2) is 0 Å². The molecule has 0 saturated carbocycles. The number of carbonyl (C=O) groups excluding carboxylic acids is 3. The van der Waals surface area contributed by atoms with Crippen LogP contribution in [0.5, 0.6) is 0 Å². The maximum atomic E-state index is 11.6. The van der Waals surface area contributed by atoms with Gasteiger partial charge in [-0.05, 0) is 26.2 Å². The van der Waals surface area contributed by atoms with Crippen molar-refractivity contribution in [2.75, 3.05) is 6.54 Å². The van der Waals surface area contributed by atoms with E-state index < -0.39 is 29.3 Å². The smallest absolute Gasteiger partial charge is 0.240 e. The highest BCUT2D eigenvalue weighted by Crippen LogP contribution is 2.12. The van der Waals surface area contributed by atoms with E-state index in [2.05, 4.69) is 10.6 Å². The molecule has 0 aliphatic heterocycles. The molecule has 7 nitrogen and oxygen atoms in total. The first-order chi connectivity index (χ1) is 9.55. The van der Waals surface area contributed by atoms with E-state index in [9.17, 15) is 14.4 Å². The summed E-state index contributed by atoms with van der Waals surface area (Å²) in [5, 5.41) is 5.34. The number of nitrogens with two attached hydrogens (primary N) is 2. The lowest BCUT2D eigenvalue weighted by Gasteiger charge is -2.18. The average molecular weight is 300 g/mol. The second-order valence-electron chi connectivity index (χ2n) is 6.25. The monoisotopic (exact) mass is 300 g/mol. The molecular formula is C14H28N4O3. The lowest BCUT2D eigenvalue weighted by atomic mass is 9.95. The van der Waals surface area contributed by atoms with Gasteiger partial charge in [0.25, 0.3) is 0 Å². The lowest BCUT2D eigenvalue weighted by molar-refractivity contribution is -0.128. The summed E-state index contributed by atoms with van der Waals surface area (Å²) in [4.78, 5) is 34.3. The second-order valence-corrected chi connectivity index (χ2v) is 6.25. The average Bonchev–Trinajstić information content (AvgIpc) is 2.34. The molecule has 7 heteroatoms. The first kappa shape index (κ1) is 19.4. The van der Waals surface area contributed by atoms with Crippen LogP contribution in [0.3, 0.4) is 0 Å². The Bertz CT molecular complexity index is 375. The molecule has 2 atom stereocenters. The third-order valence-corrected chi connectivity index (χ3v) is 2.96. The molecule has 0 aromatic carbocycles. The van der Waals surface area contributed by atoms with Crippen molar-refractivity contribution in [2.24, 2.45) is 16.9 Å². The van der Waals surface area contributed by atoms with Gasteiger partial charge >= 0.3 is 0 Å². The van der Waals surface area contributed by atoms with Crippen molar-refractivity contribution in [2.45, 2.75) is 59.0 Å². The van der Waals surface area contributed by atoms with Gasteiger partial charge in [0.2, 0.25) is 17.7 Å². The van der Waals surface area contributed by atoms with E-state index in [-0.39, 0.29) is 5.91 Å². The first-order valence-electron chi connectivity index (χ1n) is 7.19. The van der Waals surface area contributed by atoms with Crippen LogP contribution in [-0.2, 0) is 14.4 Å². The van der Waals surface area contributed by atoms with Gasteiger partial charge in [-0.3, -0.25) is 14.4 Å². The van der Waals surface area contributed by atoms with Gasteiger partial charge in [0.05, 0.1) is 6.04 Å². The molecule has 0 saturated heterocycles. The summed E-state index contributed by atoms with van der Waals surface area (Å²) >= 11 is 0. The minimum Gasteiger partial charge on any atom is -0.368 e. The van der Waals surface area contributed by atoms with Gasteiger partial charge in [0.1, 0.15) is 6.04 Å². The highest BCUT2D eigenvalue weighted by molar-refractivity contribution is 5.88. The summed E-state index contributed by atoms with van der Waals surface area (Å²) in [6.45, 7) is 7.59. The molecule has 3 amide bonds. The topological polar surface area (TPSA) is 127 Å². The Kier molecular flexibility index (Phi) is 7.94. The van der Waals surface area contributed by atoms with Crippen molar-refractivity contribution in [1.29, 1.82) is 0 Å². The Balaban J connectivity index is 4.04. The van der Waals surface area contributed by atoms with E-state index in [1.54, 1.807) is 0 Å². The molecule has 0 aliphatic carbocycles. The molecule has 0 fully saturated rings. The van der Waals surface area contributed by atoms with Crippen molar-refractivity contribution < 1.29 is 14.4 Å². The Morgan fingerprint density at radius 1 is 1.14 bits per heavy atom. The zero-order chi connectivity index (χ0) is 16.6. The number of amides is 3. The van der Waals surface area contributed by atoms with Crippen LogP contribution in [-0.4, -0.2) is 36.3 Å². The fourth-order valence-electron chi connectivity index (χ4n) is 1.53. The minimum absolute atomic E-state index is 0.0146. The van der Waals surface area contributed by atoms with Gasteiger partial charge in [0, 0.05) is 12.0 Å². The number of rotatable bonds is 8. The molecule has 0 aliphatic rings. The highest BCUT2D eigenvalue weighted by atomic mass is 16.2. The van der Waals surface area contributed by atoms with Crippen LogP contribution in [0.25, 0.3) is 0 Å².